The van der Waals surface area contributed by atoms with E-state index in [0.717, 1.165) is 19.5 Å². The third-order valence-corrected chi connectivity index (χ3v) is 2.31. The number of hydrogen-bond acceptors (Lipinski definition) is 2. The largest absolute Gasteiger partial charge is 0.508 e. The summed E-state index contributed by atoms with van der Waals surface area (Å²) in [5.74, 6) is 0.401. The van der Waals surface area contributed by atoms with E-state index in [4.69, 9.17) is 0 Å². The molecule has 1 aliphatic rings. The first-order valence-corrected chi connectivity index (χ1v) is 5.59. The predicted octanol–water partition coefficient (Wildman–Crippen LogP) is 3.12. The van der Waals surface area contributed by atoms with Crippen LogP contribution >= 0.6 is 0 Å². The quantitative estimate of drug-likeness (QED) is 0.751. The molecular formula is C12H23NO. The number of likely N-dealkylation sites (N-methyl/N-ethyl adjacent to an activating group) is 1. The lowest BCUT2D eigenvalue weighted by atomic mass is 10.1. The second-order valence-corrected chi connectivity index (χ2v) is 3.02. The highest BCUT2D eigenvalue weighted by Gasteiger charge is 2.14. The van der Waals surface area contributed by atoms with Crippen molar-refractivity contribution >= 4 is 0 Å². The van der Waals surface area contributed by atoms with Gasteiger partial charge in [-0.25, -0.2) is 0 Å². The van der Waals surface area contributed by atoms with Crippen LogP contribution in [0.25, 0.3) is 0 Å². The van der Waals surface area contributed by atoms with Crippen LogP contribution in [0.4, 0.5) is 0 Å². The number of aliphatic hydroxyl groups is 1. The summed E-state index contributed by atoms with van der Waals surface area (Å²) in [6.45, 7) is 10.4. The Balaban J connectivity index is 0.000000791. The standard InChI is InChI=1S/C10H17NO.C2H6/c1-3-11(4-2)9-6-5-7-10(12)8-9;1-2/h5,7-9,12H,3-4,6H2,1-2H3;1-2H3. The van der Waals surface area contributed by atoms with Crippen molar-refractivity contribution in [2.75, 3.05) is 13.1 Å². The number of allylic oxidation sites excluding steroid dienone is 1. The monoisotopic (exact) mass is 197 g/mol. The van der Waals surface area contributed by atoms with E-state index in [1.165, 1.54) is 0 Å². The molecule has 0 bridgehead atoms. The summed E-state index contributed by atoms with van der Waals surface area (Å²) in [6.07, 6.45) is 6.73. The van der Waals surface area contributed by atoms with E-state index in [9.17, 15) is 5.11 Å². The summed E-state index contributed by atoms with van der Waals surface area (Å²) in [5, 5.41) is 9.27. The molecule has 0 aromatic heterocycles. The maximum atomic E-state index is 9.27. The molecule has 2 nitrogen and oxygen atoms in total. The first-order valence-electron chi connectivity index (χ1n) is 5.59. The van der Waals surface area contributed by atoms with Crippen molar-refractivity contribution in [3.8, 4) is 0 Å². The Labute approximate surface area is 87.9 Å². The van der Waals surface area contributed by atoms with Gasteiger partial charge in [0.05, 0.1) is 0 Å². The fourth-order valence-electron chi connectivity index (χ4n) is 1.60. The van der Waals surface area contributed by atoms with Crippen LogP contribution in [-0.2, 0) is 0 Å². The van der Waals surface area contributed by atoms with E-state index >= 15 is 0 Å². The molecule has 1 aliphatic carbocycles. The first kappa shape index (κ1) is 13.2. The second-order valence-electron chi connectivity index (χ2n) is 3.02. The van der Waals surface area contributed by atoms with E-state index in [0.29, 0.717) is 11.8 Å². The minimum absolute atomic E-state index is 0.394. The molecule has 0 aromatic carbocycles. The lowest BCUT2D eigenvalue weighted by Gasteiger charge is -2.27. The van der Waals surface area contributed by atoms with Crippen LogP contribution in [0.2, 0.25) is 0 Å². The minimum atomic E-state index is 0.394. The van der Waals surface area contributed by atoms with E-state index in [1.807, 2.05) is 26.0 Å². The number of nitrogens with zero attached hydrogens (tertiary/aromatic N) is 1. The topological polar surface area (TPSA) is 23.5 Å². The third-order valence-electron chi connectivity index (χ3n) is 2.31. The van der Waals surface area contributed by atoms with Crippen LogP contribution in [-0.4, -0.2) is 29.1 Å². The van der Waals surface area contributed by atoms with Crippen molar-refractivity contribution in [2.45, 2.75) is 40.2 Å². The van der Waals surface area contributed by atoms with Crippen LogP contribution < -0.4 is 0 Å². The summed E-state index contributed by atoms with van der Waals surface area (Å²) in [7, 11) is 0. The van der Waals surface area contributed by atoms with Gasteiger partial charge >= 0.3 is 0 Å². The molecule has 0 fully saturated rings. The van der Waals surface area contributed by atoms with Crippen LogP contribution in [0.5, 0.6) is 0 Å². The van der Waals surface area contributed by atoms with Gasteiger partial charge in [0.1, 0.15) is 5.76 Å². The third kappa shape index (κ3) is 3.97. The average Bonchev–Trinajstić information content (AvgIpc) is 2.23. The maximum absolute atomic E-state index is 9.27. The number of hydrogen-bond donors (Lipinski definition) is 1. The second kappa shape index (κ2) is 7.63. The summed E-state index contributed by atoms with van der Waals surface area (Å²) < 4.78 is 0. The molecule has 1 N–H and O–H groups in total. The highest BCUT2D eigenvalue weighted by Crippen LogP contribution is 2.13. The van der Waals surface area contributed by atoms with Crippen LogP contribution in [0, 0.1) is 0 Å². The fraction of sp³-hybridized carbons (Fsp3) is 0.667. The van der Waals surface area contributed by atoms with Gasteiger partial charge in [0.2, 0.25) is 0 Å². The van der Waals surface area contributed by atoms with Crippen molar-refractivity contribution in [3.05, 3.63) is 24.0 Å². The van der Waals surface area contributed by atoms with Gasteiger partial charge in [-0.2, -0.15) is 0 Å². The molecule has 0 aromatic rings. The van der Waals surface area contributed by atoms with Gasteiger partial charge in [-0.1, -0.05) is 33.8 Å². The summed E-state index contributed by atoms with van der Waals surface area (Å²) in [4.78, 5) is 2.33. The molecule has 14 heavy (non-hydrogen) atoms. The minimum Gasteiger partial charge on any atom is -0.508 e. The molecule has 2 heteroatoms. The van der Waals surface area contributed by atoms with Gasteiger partial charge in [-0.05, 0) is 31.7 Å². The lowest BCUT2D eigenvalue weighted by molar-refractivity contribution is 0.247. The molecular weight excluding hydrogens is 174 g/mol. The average molecular weight is 197 g/mol. The van der Waals surface area contributed by atoms with Gasteiger partial charge in [-0.3, -0.25) is 4.90 Å². The molecule has 0 saturated carbocycles. The Morgan fingerprint density at radius 1 is 1.36 bits per heavy atom. The Hall–Kier alpha value is -0.760. The molecule has 82 valence electrons. The zero-order valence-corrected chi connectivity index (χ0v) is 9.83. The molecule has 0 spiro atoms. The highest BCUT2D eigenvalue weighted by molar-refractivity contribution is 5.19. The van der Waals surface area contributed by atoms with Crippen LogP contribution in [0.3, 0.4) is 0 Å². The zero-order chi connectivity index (χ0) is 11.0. The Morgan fingerprint density at radius 2 is 1.93 bits per heavy atom. The normalized spacial score (nSPS) is 20.1. The van der Waals surface area contributed by atoms with E-state index in [2.05, 4.69) is 18.7 Å². The zero-order valence-electron chi connectivity index (χ0n) is 9.83. The highest BCUT2D eigenvalue weighted by atomic mass is 16.3. The molecule has 1 rings (SSSR count). The fourth-order valence-corrected chi connectivity index (χ4v) is 1.60. The first-order chi connectivity index (χ1) is 6.77. The lowest BCUT2D eigenvalue weighted by Crippen LogP contribution is -2.34. The molecule has 0 aliphatic heterocycles. The number of rotatable bonds is 3. The Bertz CT molecular complexity index is 192. The number of aliphatic hydroxyl groups excluding tert-OH is 1. The Kier molecular flexibility index (Phi) is 7.21. The van der Waals surface area contributed by atoms with Gasteiger partial charge in [-0.15, -0.1) is 0 Å². The molecule has 0 heterocycles. The van der Waals surface area contributed by atoms with Gasteiger partial charge in [0, 0.05) is 6.04 Å². The van der Waals surface area contributed by atoms with Crippen molar-refractivity contribution in [1.82, 2.24) is 4.90 Å². The molecule has 1 unspecified atom stereocenters. The van der Waals surface area contributed by atoms with Gasteiger partial charge in [0.15, 0.2) is 0 Å². The van der Waals surface area contributed by atoms with E-state index in [-0.39, 0.29) is 0 Å². The molecule has 1 atom stereocenters. The van der Waals surface area contributed by atoms with Crippen LogP contribution in [0.1, 0.15) is 34.1 Å². The van der Waals surface area contributed by atoms with Crippen molar-refractivity contribution < 1.29 is 5.11 Å². The smallest absolute Gasteiger partial charge is 0.112 e. The van der Waals surface area contributed by atoms with Crippen molar-refractivity contribution in [1.29, 1.82) is 0 Å². The predicted molar refractivity (Wildman–Crippen MR) is 62.5 cm³/mol. The maximum Gasteiger partial charge on any atom is 0.112 e. The van der Waals surface area contributed by atoms with Gasteiger partial charge in [0.25, 0.3) is 0 Å². The van der Waals surface area contributed by atoms with E-state index in [1.54, 1.807) is 6.08 Å². The van der Waals surface area contributed by atoms with Gasteiger partial charge < -0.3 is 5.11 Å². The summed E-state index contributed by atoms with van der Waals surface area (Å²) in [5.41, 5.74) is 0. The summed E-state index contributed by atoms with van der Waals surface area (Å²) in [6, 6.07) is 0.394. The molecule has 0 radical (unpaired) electrons. The van der Waals surface area contributed by atoms with Crippen molar-refractivity contribution in [2.24, 2.45) is 0 Å². The molecule has 0 amide bonds. The Morgan fingerprint density at radius 3 is 2.36 bits per heavy atom. The summed E-state index contributed by atoms with van der Waals surface area (Å²) >= 11 is 0. The van der Waals surface area contributed by atoms with Crippen molar-refractivity contribution in [3.63, 3.8) is 0 Å². The SMILES string of the molecule is CC.CCN(CC)C1C=C(O)C=CC1. The van der Waals surface area contributed by atoms with Crippen LogP contribution in [0.15, 0.2) is 24.0 Å². The molecule has 0 saturated heterocycles. The van der Waals surface area contributed by atoms with E-state index < -0.39 is 0 Å².